The van der Waals surface area contributed by atoms with E-state index in [0.29, 0.717) is 31.2 Å². The monoisotopic (exact) mass is 373 g/mol. The molecule has 6 nitrogen and oxygen atoms in total. The molecule has 8 heteroatoms. The molecule has 3 heterocycles. The summed E-state index contributed by atoms with van der Waals surface area (Å²) in [4.78, 5) is 6.22. The minimum absolute atomic E-state index is 0.0723. The van der Waals surface area contributed by atoms with Gasteiger partial charge in [0.05, 0.1) is 29.5 Å². The molecule has 3 rings (SSSR count). The van der Waals surface area contributed by atoms with Crippen LogP contribution in [0.25, 0.3) is 0 Å². The highest BCUT2D eigenvalue weighted by Gasteiger charge is 2.44. The number of hydrogen-bond donors (Lipinski definition) is 0. The van der Waals surface area contributed by atoms with Crippen molar-refractivity contribution in [1.82, 2.24) is 14.2 Å². The summed E-state index contributed by atoms with van der Waals surface area (Å²) in [6.45, 7) is 6.94. The van der Waals surface area contributed by atoms with E-state index in [1.165, 1.54) is 0 Å². The molecular formula is C16H24ClN3O3S. The van der Waals surface area contributed by atoms with Crippen LogP contribution in [0.3, 0.4) is 0 Å². The third kappa shape index (κ3) is 3.91. The van der Waals surface area contributed by atoms with Crippen molar-refractivity contribution in [1.29, 1.82) is 0 Å². The zero-order chi connectivity index (χ0) is 17.3. The maximum atomic E-state index is 12.6. The number of rotatable bonds is 4. The number of pyridine rings is 1. The maximum absolute atomic E-state index is 12.6. The summed E-state index contributed by atoms with van der Waals surface area (Å²) in [6, 6.07) is 1.78. The number of fused-ring (bicyclic) bond motifs is 1. The molecule has 0 radical (unpaired) electrons. The molecule has 0 saturated carbocycles. The molecule has 0 bridgehead atoms. The fourth-order valence-corrected chi connectivity index (χ4v) is 5.27. The fraction of sp³-hybridized carbons (Fsp3) is 0.688. The second-order valence-electron chi connectivity index (χ2n) is 6.92. The lowest BCUT2D eigenvalue weighted by Crippen LogP contribution is -2.47. The fourth-order valence-electron chi connectivity index (χ4n) is 3.41. The molecule has 0 spiro atoms. The number of aromatic nitrogens is 1. The zero-order valence-electron chi connectivity index (χ0n) is 14.1. The van der Waals surface area contributed by atoms with Crippen LogP contribution in [0, 0.1) is 5.92 Å². The molecule has 0 aromatic carbocycles. The highest BCUT2D eigenvalue weighted by molar-refractivity contribution is 7.89. The first-order valence-corrected chi connectivity index (χ1v) is 10.3. The third-order valence-corrected chi connectivity index (χ3v) is 6.67. The smallest absolute Gasteiger partial charge is 0.216 e. The summed E-state index contributed by atoms with van der Waals surface area (Å²) >= 11 is 6.20. The molecule has 0 amide bonds. The van der Waals surface area contributed by atoms with Crippen LogP contribution in [0.2, 0.25) is 5.02 Å². The van der Waals surface area contributed by atoms with Gasteiger partial charge in [0.25, 0.3) is 0 Å². The molecule has 2 aliphatic rings. The number of halogens is 1. The molecule has 0 unspecified atom stereocenters. The minimum Gasteiger partial charge on any atom is -0.374 e. The summed E-state index contributed by atoms with van der Waals surface area (Å²) in [5, 5.41) is 0.636. The van der Waals surface area contributed by atoms with Crippen molar-refractivity contribution in [2.75, 3.05) is 32.0 Å². The van der Waals surface area contributed by atoms with E-state index in [0.717, 1.165) is 5.56 Å². The second-order valence-corrected chi connectivity index (χ2v) is 9.37. The Morgan fingerprint density at radius 1 is 1.42 bits per heavy atom. The Bertz CT molecular complexity index is 683. The van der Waals surface area contributed by atoms with Crippen LogP contribution < -0.4 is 0 Å². The van der Waals surface area contributed by atoms with Crippen LogP contribution in [0.5, 0.6) is 0 Å². The Balaban J connectivity index is 1.78. The summed E-state index contributed by atoms with van der Waals surface area (Å²) < 4.78 is 32.7. The molecule has 2 fully saturated rings. The highest BCUT2D eigenvalue weighted by atomic mass is 35.5. The van der Waals surface area contributed by atoms with E-state index in [1.54, 1.807) is 16.7 Å². The largest absolute Gasteiger partial charge is 0.374 e. The van der Waals surface area contributed by atoms with E-state index in [9.17, 15) is 8.42 Å². The lowest BCUT2D eigenvalue weighted by Gasteiger charge is -2.29. The molecule has 1 aromatic rings. The molecule has 134 valence electrons. The minimum atomic E-state index is -3.27. The number of ether oxygens (including phenoxy) is 1. The number of likely N-dealkylation sites (tertiary alicyclic amines) is 1. The molecule has 0 aliphatic carbocycles. The van der Waals surface area contributed by atoms with Gasteiger partial charge in [-0.3, -0.25) is 9.88 Å². The average molecular weight is 374 g/mol. The van der Waals surface area contributed by atoms with Crippen LogP contribution in [0.1, 0.15) is 19.4 Å². The first-order chi connectivity index (χ1) is 11.4. The van der Waals surface area contributed by atoms with Gasteiger partial charge in [0.1, 0.15) is 0 Å². The van der Waals surface area contributed by atoms with Crippen LogP contribution in [0.15, 0.2) is 18.5 Å². The van der Waals surface area contributed by atoms with Gasteiger partial charge in [-0.05, 0) is 17.5 Å². The lowest BCUT2D eigenvalue weighted by atomic mass is 10.1. The molecule has 2 atom stereocenters. The topological polar surface area (TPSA) is 62.7 Å². The first kappa shape index (κ1) is 18.1. The molecular weight excluding hydrogens is 350 g/mol. The Labute approximate surface area is 148 Å². The molecule has 2 aliphatic heterocycles. The van der Waals surface area contributed by atoms with Crippen molar-refractivity contribution >= 4 is 21.6 Å². The van der Waals surface area contributed by atoms with Gasteiger partial charge in [-0.1, -0.05) is 25.4 Å². The van der Waals surface area contributed by atoms with Gasteiger partial charge in [-0.2, -0.15) is 4.31 Å². The molecule has 24 heavy (non-hydrogen) atoms. The maximum Gasteiger partial charge on any atom is 0.216 e. The predicted molar refractivity (Wildman–Crippen MR) is 93.4 cm³/mol. The zero-order valence-corrected chi connectivity index (χ0v) is 15.6. The van der Waals surface area contributed by atoms with Gasteiger partial charge in [-0.25, -0.2) is 8.42 Å². The normalized spacial score (nSPS) is 28.0. The van der Waals surface area contributed by atoms with Crippen LogP contribution in [-0.4, -0.2) is 66.7 Å². The van der Waals surface area contributed by atoms with E-state index < -0.39 is 10.0 Å². The molecule has 2 saturated heterocycles. The molecule has 0 N–H and O–H groups in total. The number of sulfonamides is 1. The Morgan fingerprint density at radius 2 is 2.21 bits per heavy atom. The van der Waals surface area contributed by atoms with E-state index in [-0.39, 0.29) is 30.4 Å². The molecule has 1 aromatic heterocycles. The van der Waals surface area contributed by atoms with Crippen molar-refractivity contribution < 1.29 is 13.2 Å². The third-order valence-electron chi connectivity index (χ3n) is 4.51. The van der Waals surface area contributed by atoms with Crippen molar-refractivity contribution in [2.24, 2.45) is 5.92 Å². The Kier molecular flexibility index (Phi) is 5.46. The highest BCUT2D eigenvalue weighted by Crippen LogP contribution is 2.28. The van der Waals surface area contributed by atoms with Crippen LogP contribution >= 0.6 is 11.6 Å². The van der Waals surface area contributed by atoms with Crippen molar-refractivity contribution in [3.8, 4) is 0 Å². The quantitative estimate of drug-likeness (QED) is 0.802. The van der Waals surface area contributed by atoms with E-state index >= 15 is 0 Å². The van der Waals surface area contributed by atoms with Gasteiger partial charge < -0.3 is 4.74 Å². The number of hydrogen-bond acceptors (Lipinski definition) is 5. The van der Waals surface area contributed by atoms with Gasteiger partial charge in [0, 0.05) is 38.6 Å². The van der Waals surface area contributed by atoms with E-state index in [2.05, 4.69) is 9.88 Å². The van der Waals surface area contributed by atoms with Gasteiger partial charge in [0.15, 0.2) is 0 Å². The lowest BCUT2D eigenvalue weighted by molar-refractivity contribution is 0.0454. The van der Waals surface area contributed by atoms with Crippen molar-refractivity contribution in [3.05, 3.63) is 29.0 Å². The Hall–Kier alpha value is -0.730. The predicted octanol–water partition coefficient (Wildman–Crippen LogP) is 1.61. The van der Waals surface area contributed by atoms with Crippen molar-refractivity contribution in [3.63, 3.8) is 0 Å². The number of nitrogens with zero attached hydrogens (tertiary/aromatic N) is 3. The van der Waals surface area contributed by atoms with Crippen LogP contribution in [0.4, 0.5) is 0 Å². The SMILES string of the molecule is CC(C)CN1[C@@H]2CN(Cc3ccncc3Cl)C[C@@H]2OCCS1(=O)=O. The summed E-state index contributed by atoms with van der Waals surface area (Å²) in [7, 11) is -3.27. The van der Waals surface area contributed by atoms with E-state index in [4.69, 9.17) is 16.3 Å². The summed E-state index contributed by atoms with van der Waals surface area (Å²) in [5.74, 6) is 0.352. The standard InChI is InChI=1S/C16H24ClN3O3S/c1-12(2)8-20-15-10-19(9-13-3-4-18-7-14(13)17)11-16(15)23-5-6-24(20,21)22/h3-4,7,12,15-16H,5-6,8-11H2,1-2H3/t15-,16+/m1/s1. The van der Waals surface area contributed by atoms with Crippen molar-refractivity contribution in [2.45, 2.75) is 32.5 Å². The second kappa shape index (κ2) is 7.25. The van der Waals surface area contributed by atoms with Gasteiger partial charge in [-0.15, -0.1) is 0 Å². The average Bonchev–Trinajstić information content (AvgIpc) is 2.84. The first-order valence-electron chi connectivity index (χ1n) is 8.28. The van der Waals surface area contributed by atoms with Crippen LogP contribution in [-0.2, 0) is 21.3 Å². The Morgan fingerprint density at radius 3 is 2.92 bits per heavy atom. The summed E-state index contributed by atoms with van der Waals surface area (Å²) in [6.07, 6.45) is 3.28. The summed E-state index contributed by atoms with van der Waals surface area (Å²) in [5.41, 5.74) is 1.00. The van der Waals surface area contributed by atoms with Gasteiger partial charge in [0.2, 0.25) is 10.0 Å². The van der Waals surface area contributed by atoms with Gasteiger partial charge >= 0.3 is 0 Å². The van der Waals surface area contributed by atoms with E-state index in [1.807, 2.05) is 19.9 Å².